The van der Waals surface area contributed by atoms with Gasteiger partial charge < -0.3 is 19.7 Å². The number of hydrogen-bond acceptors (Lipinski definition) is 4. The molecule has 0 radical (unpaired) electrons. The van der Waals surface area contributed by atoms with Gasteiger partial charge in [-0.3, -0.25) is 9.59 Å². The highest BCUT2D eigenvalue weighted by atomic mass is 16.5. The lowest BCUT2D eigenvalue weighted by molar-refractivity contribution is -0.141. The predicted octanol–water partition coefficient (Wildman–Crippen LogP) is 4.88. The first kappa shape index (κ1) is 26.2. The second-order valence-corrected chi connectivity index (χ2v) is 8.32. The molecule has 180 valence electrons. The monoisotopic (exact) mass is 454 g/mol. The number of aryl methyl sites for hydroxylation is 1. The van der Waals surface area contributed by atoms with Crippen LogP contribution in [0.3, 0.4) is 0 Å². The lowest BCUT2D eigenvalue weighted by atomic mass is 10.0. The van der Waals surface area contributed by atoms with Crippen LogP contribution in [0.4, 0.5) is 0 Å². The Morgan fingerprint density at radius 2 is 1.67 bits per heavy atom. The largest absolute Gasteiger partial charge is 0.497 e. The zero-order valence-electron chi connectivity index (χ0n) is 20.6. The SMILES string of the molecule is CCC(C)NC(=O)C(CC)N(Cc1ccccc1C)C(=O)CCCOc1ccc(OC)cc1. The number of rotatable bonds is 13. The molecule has 0 heterocycles. The van der Waals surface area contributed by atoms with Crippen molar-refractivity contribution in [2.24, 2.45) is 0 Å². The van der Waals surface area contributed by atoms with Crippen molar-refractivity contribution in [2.75, 3.05) is 13.7 Å². The van der Waals surface area contributed by atoms with Crippen molar-refractivity contribution in [1.82, 2.24) is 10.2 Å². The van der Waals surface area contributed by atoms with E-state index in [0.717, 1.165) is 29.0 Å². The molecule has 6 heteroatoms. The highest BCUT2D eigenvalue weighted by Gasteiger charge is 2.29. The molecule has 2 aromatic rings. The number of ether oxygens (including phenoxy) is 2. The molecule has 0 aliphatic carbocycles. The van der Waals surface area contributed by atoms with Crippen LogP contribution in [0, 0.1) is 6.92 Å². The number of amides is 2. The van der Waals surface area contributed by atoms with Crippen molar-refractivity contribution >= 4 is 11.8 Å². The van der Waals surface area contributed by atoms with E-state index in [1.807, 2.05) is 76.2 Å². The molecule has 0 saturated heterocycles. The molecule has 0 aliphatic heterocycles. The fourth-order valence-electron chi connectivity index (χ4n) is 3.56. The van der Waals surface area contributed by atoms with E-state index in [0.29, 0.717) is 32.4 Å². The summed E-state index contributed by atoms with van der Waals surface area (Å²) >= 11 is 0. The molecule has 0 fully saturated rings. The molecule has 0 spiro atoms. The molecule has 2 aromatic carbocycles. The summed E-state index contributed by atoms with van der Waals surface area (Å²) in [7, 11) is 1.62. The minimum Gasteiger partial charge on any atom is -0.497 e. The van der Waals surface area contributed by atoms with Gasteiger partial charge in [-0.05, 0) is 68.5 Å². The number of methoxy groups -OCH3 is 1. The number of carbonyl (C=O) groups excluding carboxylic acids is 2. The average molecular weight is 455 g/mol. The van der Waals surface area contributed by atoms with E-state index >= 15 is 0 Å². The molecule has 1 N–H and O–H groups in total. The Bertz CT molecular complexity index is 882. The summed E-state index contributed by atoms with van der Waals surface area (Å²) < 4.78 is 10.9. The molecular formula is C27H38N2O4. The van der Waals surface area contributed by atoms with Crippen LogP contribution in [-0.4, -0.2) is 42.5 Å². The van der Waals surface area contributed by atoms with Crippen LogP contribution in [0.25, 0.3) is 0 Å². The lowest BCUT2D eigenvalue weighted by Crippen LogP contribution is -2.50. The van der Waals surface area contributed by atoms with E-state index in [2.05, 4.69) is 5.32 Å². The third-order valence-electron chi connectivity index (χ3n) is 5.85. The fourth-order valence-corrected chi connectivity index (χ4v) is 3.56. The molecule has 0 aliphatic rings. The second kappa shape index (κ2) is 13.5. The molecule has 2 atom stereocenters. The number of hydrogen-bond donors (Lipinski definition) is 1. The highest BCUT2D eigenvalue weighted by molar-refractivity contribution is 5.87. The second-order valence-electron chi connectivity index (χ2n) is 8.32. The van der Waals surface area contributed by atoms with Crippen molar-refractivity contribution in [2.45, 2.75) is 72.0 Å². The molecule has 0 bridgehead atoms. The third-order valence-corrected chi connectivity index (χ3v) is 5.85. The molecule has 0 aromatic heterocycles. The van der Waals surface area contributed by atoms with Crippen LogP contribution in [-0.2, 0) is 16.1 Å². The van der Waals surface area contributed by atoms with Crippen LogP contribution in [0.5, 0.6) is 11.5 Å². The summed E-state index contributed by atoms with van der Waals surface area (Å²) in [5.41, 5.74) is 2.16. The molecule has 0 saturated carbocycles. The topological polar surface area (TPSA) is 67.9 Å². The number of carbonyl (C=O) groups is 2. The average Bonchev–Trinajstić information content (AvgIpc) is 2.83. The van der Waals surface area contributed by atoms with Crippen molar-refractivity contribution in [3.63, 3.8) is 0 Å². The highest BCUT2D eigenvalue weighted by Crippen LogP contribution is 2.19. The van der Waals surface area contributed by atoms with Gasteiger partial charge in [-0.2, -0.15) is 0 Å². The quantitative estimate of drug-likeness (QED) is 0.438. The normalized spacial score (nSPS) is 12.5. The number of nitrogens with one attached hydrogen (secondary N) is 1. The maximum absolute atomic E-state index is 13.3. The van der Waals surface area contributed by atoms with Crippen molar-refractivity contribution in [1.29, 1.82) is 0 Å². The Kier molecular flexibility index (Phi) is 10.7. The van der Waals surface area contributed by atoms with Crippen molar-refractivity contribution in [3.8, 4) is 11.5 Å². The van der Waals surface area contributed by atoms with Gasteiger partial charge in [-0.1, -0.05) is 38.1 Å². The van der Waals surface area contributed by atoms with Gasteiger partial charge in [0.05, 0.1) is 13.7 Å². The van der Waals surface area contributed by atoms with Crippen molar-refractivity contribution in [3.05, 3.63) is 59.7 Å². The van der Waals surface area contributed by atoms with Crippen LogP contribution >= 0.6 is 0 Å². The van der Waals surface area contributed by atoms with Gasteiger partial charge in [0.2, 0.25) is 11.8 Å². The van der Waals surface area contributed by atoms with E-state index in [1.54, 1.807) is 12.0 Å². The van der Waals surface area contributed by atoms with E-state index in [9.17, 15) is 9.59 Å². The van der Waals surface area contributed by atoms with Gasteiger partial charge in [0.25, 0.3) is 0 Å². The van der Waals surface area contributed by atoms with E-state index in [-0.39, 0.29) is 17.9 Å². The van der Waals surface area contributed by atoms with Gasteiger partial charge in [0.15, 0.2) is 0 Å². The number of benzene rings is 2. The standard InChI is InChI=1S/C27H38N2O4/c1-6-21(4)28-27(31)25(7-2)29(19-22-12-9-8-11-20(22)3)26(30)13-10-18-33-24-16-14-23(32-5)15-17-24/h8-9,11-12,14-17,21,25H,6-7,10,13,18-19H2,1-5H3,(H,28,31). The summed E-state index contributed by atoms with van der Waals surface area (Å²) in [5, 5.41) is 3.05. The maximum Gasteiger partial charge on any atom is 0.243 e. The van der Waals surface area contributed by atoms with Gasteiger partial charge in [-0.15, -0.1) is 0 Å². The summed E-state index contributed by atoms with van der Waals surface area (Å²) in [5.74, 6) is 1.37. The number of nitrogens with zero attached hydrogens (tertiary/aromatic N) is 1. The zero-order valence-corrected chi connectivity index (χ0v) is 20.6. The Morgan fingerprint density at radius 3 is 2.27 bits per heavy atom. The lowest BCUT2D eigenvalue weighted by Gasteiger charge is -2.32. The van der Waals surface area contributed by atoms with E-state index in [4.69, 9.17) is 9.47 Å². The molecule has 33 heavy (non-hydrogen) atoms. The minimum absolute atomic E-state index is 0.0391. The summed E-state index contributed by atoms with van der Waals surface area (Å²) in [6.45, 7) is 8.83. The first-order valence-electron chi connectivity index (χ1n) is 11.8. The summed E-state index contributed by atoms with van der Waals surface area (Å²) in [4.78, 5) is 28.0. The van der Waals surface area contributed by atoms with Crippen LogP contribution < -0.4 is 14.8 Å². The molecule has 6 nitrogen and oxygen atoms in total. The molecule has 2 unspecified atom stereocenters. The van der Waals surface area contributed by atoms with Crippen molar-refractivity contribution < 1.29 is 19.1 Å². The van der Waals surface area contributed by atoms with Gasteiger partial charge in [0, 0.05) is 19.0 Å². The smallest absolute Gasteiger partial charge is 0.243 e. The zero-order chi connectivity index (χ0) is 24.2. The van der Waals surface area contributed by atoms with Crippen LogP contribution in [0.2, 0.25) is 0 Å². The Balaban J connectivity index is 2.06. The minimum atomic E-state index is -0.506. The molecule has 2 amide bonds. The molecular weight excluding hydrogens is 416 g/mol. The maximum atomic E-state index is 13.3. The van der Waals surface area contributed by atoms with Crippen LogP contribution in [0.1, 0.15) is 57.6 Å². The third kappa shape index (κ3) is 8.12. The molecule has 2 rings (SSSR count). The summed E-state index contributed by atoms with van der Waals surface area (Å²) in [6.07, 6.45) is 2.28. The van der Waals surface area contributed by atoms with E-state index in [1.165, 1.54) is 0 Å². The van der Waals surface area contributed by atoms with Gasteiger partial charge >= 0.3 is 0 Å². The Morgan fingerprint density at radius 1 is 1.00 bits per heavy atom. The predicted molar refractivity (Wildman–Crippen MR) is 131 cm³/mol. The van der Waals surface area contributed by atoms with E-state index < -0.39 is 6.04 Å². The van der Waals surface area contributed by atoms with Crippen LogP contribution in [0.15, 0.2) is 48.5 Å². The van der Waals surface area contributed by atoms with Gasteiger partial charge in [0.1, 0.15) is 17.5 Å². The first-order valence-corrected chi connectivity index (χ1v) is 11.8. The Labute approximate surface area is 198 Å². The Hall–Kier alpha value is -3.02. The summed E-state index contributed by atoms with van der Waals surface area (Å²) in [6, 6.07) is 14.9. The fraction of sp³-hybridized carbons (Fsp3) is 0.481. The van der Waals surface area contributed by atoms with Gasteiger partial charge in [-0.25, -0.2) is 0 Å². The first-order chi connectivity index (χ1) is 15.9.